The van der Waals surface area contributed by atoms with Crippen molar-refractivity contribution in [2.45, 2.75) is 32.7 Å². The number of nitrogens with zero attached hydrogens (tertiary/aromatic N) is 4. The second-order valence-electron chi connectivity index (χ2n) is 6.36. The van der Waals surface area contributed by atoms with Crippen molar-refractivity contribution in [1.29, 1.82) is 0 Å². The number of hydrogen-bond donors (Lipinski definition) is 3. The van der Waals surface area contributed by atoms with Gasteiger partial charge in [0.15, 0.2) is 11.2 Å². The molecular formula is C18H21BrN6O3. The van der Waals surface area contributed by atoms with E-state index in [-0.39, 0.29) is 11.4 Å². The zero-order valence-electron chi connectivity index (χ0n) is 15.6. The summed E-state index contributed by atoms with van der Waals surface area (Å²) >= 11 is 3.35. The van der Waals surface area contributed by atoms with Gasteiger partial charge in [-0.3, -0.25) is 14.3 Å². The number of halogens is 1. The first-order chi connectivity index (χ1) is 13.4. The first kappa shape index (κ1) is 19.9. The van der Waals surface area contributed by atoms with E-state index in [1.165, 1.54) is 10.8 Å². The van der Waals surface area contributed by atoms with Crippen LogP contribution in [0.15, 0.2) is 37.4 Å². The average Bonchev–Trinajstić information content (AvgIpc) is 3.02. The highest BCUT2D eigenvalue weighted by atomic mass is 79.9. The molecule has 0 spiro atoms. The second kappa shape index (κ2) is 8.42. The van der Waals surface area contributed by atoms with Crippen molar-refractivity contribution in [2.75, 3.05) is 5.43 Å². The molecule has 10 heteroatoms. The summed E-state index contributed by atoms with van der Waals surface area (Å²) in [6, 6.07) is 5.00. The number of phenolic OH excluding ortho intramolecular Hbond substituents is 1. The second-order valence-corrected chi connectivity index (χ2v) is 7.27. The van der Waals surface area contributed by atoms with Crippen LogP contribution in [0.2, 0.25) is 0 Å². The number of aromatic amines is 1. The number of H-pyrrole nitrogens is 1. The number of anilines is 1. The quantitative estimate of drug-likeness (QED) is 0.291. The largest absolute Gasteiger partial charge is 0.507 e. The third-order valence-corrected chi connectivity index (χ3v) is 4.84. The molecule has 2 heterocycles. The maximum atomic E-state index is 12.4. The van der Waals surface area contributed by atoms with Gasteiger partial charge in [0, 0.05) is 23.6 Å². The molecule has 0 aliphatic carbocycles. The average molecular weight is 449 g/mol. The van der Waals surface area contributed by atoms with Gasteiger partial charge in [-0.2, -0.15) is 10.1 Å². The van der Waals surface area contributed by atoms with Crippen LogP contribution in [0, 0.1) is 0 Å². The molecule has 0 unspecified atom stereocenters. The summed E-state index contributed by atoms with van der Waals surface area (Å²) in [4.78, 5) is 30.9. The standard InChI is InChI=1S/C18H21BrN6O3/c1-3-4-5-8-25-14-15(24(2)18(28)22-16(14)27)21-17(25)23-20-10-11-9-12(19)6-7-13(11)26/h6-7,9-10,26H,3-5,8H2,1-2H3,(H,21,23)(H,22,27,28)/b20-10+. The number of fused-ring (bicyclic) bond motifs is 1. The summed E-state index contributed by atoms with van der Waals surface area (Å²) in [5, 5.41) is 14.0. The first-order valence-corrected chi connectivity index (χ1v) is 9.68. The summed E-state index contributed by atoms with van der Waals surface area (Å²) in [7, 11) is 1.55. The number of rotatable bonds is 7. The zero-order chi connectivity index (χ0) is 20.3. The van der Waals surface area contributed by atoms with E-state index in [9.17, 15) is 14.7 Å². The molecule has 28 heavy (non-hydrogen) atoms. The Morgan fingerprint density at radius 1 is 1.36 bits per heavy atom. The van der Waals surface area contributed by atoms with Gasteiger partial charge in [-0.05, 0) is 24.6 Å². The van der Waals surface area contributed by atoms with Crippen molar-refractivity contribution in [1.82, 2.24) is 19.1 Å². The van der Waals surface area contributed by atoms with Crippen molar-refractivity contribution in [2.24, 2.45) is 12.1 Å². The Balaban J connectivity index is 2.00. The van der Waals surface area contributed by atoms with Crippen LogP contribution in [0.5, 0.6) is 5.75 Å². The number of unbranched alkanes of at least 4 members (excludes halogenated alkanes) is 2. The van der Waals surface area contributed by atoms with Crippen molar-refractivity contribution in [3.63, 3.8) is 0 Å². The number of aryl methyl sites for hydroxylation is 2. The third kappa shape index (κ3) is 4.01. The molecule has 0 amide bonds. The number of imidazole rings is 1. The smallest absolute Gasteiger partial charge is 0.329 e. The predicted octanol–water partition coefficient (Wildman–Crippen LogP) is 2.53. The minimum atomic E-state index is -0.523. The van der Waals surface area contributed by atoms with Crippen LogP contribution in [0.4, 0.5) is 5.95 Å². The minimum Gasteiger partial charge on any atom is -0.507 e. The molecule has 0 bridgehead atoms. The minimum absolute atomic E-state index is 0.0871. The van der Waals surface area contributed by atoms with Crippen LogP contribution < -0.4 is 16.7 Å². The van der Waals surface area contributed by atoms with E-state index < -0.39 is 11.2 Å². The molecule has 3 N–H and O–H groups in total. The maximum Gasteiger partial charge on any atom is 0.329 e. The SMILES string of the molecule is CCCCCn1c(N/N=C/c2cc(Br)ccc2O)nc2c1c(=O)[nH]c(=O)n2C. The molecule has 3 rings (SSSR count). The Kier molecular flexibility index (Phi) is 5.98. The highest BCUT2D eigenvalue weighted by Crippen LogP contribution is 2.21. The van der Waals surface area contributed by atoms with Crippen LogP contribution in [-0.2, 0) is 13.6 Å². The van der Waals surface area contributed by atoms with E-state index in [0.717, 1.165) is 23.7 Å². The Morgan fingerprint density at radius 3 is 2.89 bits per heavy atom. The Bertz CT molecular complexity index is 1140. The van der Waals surface area contributed by atoms with Crippen molar-refractivity contribution in [3.8, 4) is 5.75 Å². The number of aromatic hydroxyl groups is 1. The lowest BCUT2D eigenvalue weighted by atomic mass is 10.2. The number of hydrazone groups is 1. The first-order valence-electron chi connectivity index (χ1n) is 8.89. The van der Waals surface area contributed by atoms with Crippen LogP contribution in [0.3, 0.4) is 0 Å². The van der Waals surface area contributed by atoms with Gasteiger partial charge < -0.3 is 9.67 Å². The summed E-state index contributed by atoms with van der Waals surface area (Å²) < 4.78 is 3.82. The fourth-order valence-corrected chi connectivity index (χ4v) is 3.22. The molecule has 9 nitrogen and oxygen atoms in total. The van der Waals surface area contributed by atoms with Crippen LogP contribution in [-0.4, -0.2) is 30.4 Å². The predicted molar refractivity (Wildman–Crippen MR) is 112 cm³/mol. The van der Waals surface area contributed by atoms with Gasteiger partial charge in [-0.15, -0.1) is 0 Å². The summed E-state index contributed by atoms with van der Waals surface area (Å²) in [6.07, 6.45) is 4.34. The van der Waals surface area contributed by atoms with Gasteiger partial charge in [0.1, 0.15) is 5.75 Å². The molecule has 0 atom stereocenters. The van der Waals surface area contributed by atoms with Gasteiger partial charge in [-0.1, -0.05) is 35.7 Å². The van der Waals surface area contributed by atoms with Gasteiger partial charge in [0.05, 0.1) is 6.21 Å². The third-order valence-electron chi connectivity index (χ3n) is 4.35. The van der Waals surface area contributed by atoms with E-state index in [4.69, 9.17) is 0 Å². The van der Waals surface area contributed by atoms with Gasteiger partial charge >= 0.3 is 5.69 Å². The lowest BCUT2D eigenvalue weighted by Gasteiger charge is -2.07. The molecule has 2 aromatic heterocycles. The summed E-state index contributed by atoms with van der Waals surface area (Å²) in [5.41, 5.74) is 2.94. The molecule has 0 fully saturated rings. The van der Waals surface area contributed by atoms with E-state index in [0.29, 0.717) is 23.6 Å². The van der Waals surface area contributed by atoms with Crippen molar-refractivity contribution >= 4 is 39.3 Å². The molecule has 1 aromatic carbocycles. The molecule has 148 valence electrons. The molecule has 0 aliphatic heterocycles. The molecule has 3 aromatic rings. The van der Waals surface area contributed by atoms with E-state index in [1.807, 2.05) is 0 Å². The summed E-state index contributed by atoms with van der Waals surface area (Å²) in [6.45, 7) is 2.65. The van der Waals surface area contributed by atoms with Gasteiger partial charge in [-0.25, -0.2) is 10.2 Å². The maximum absolute atomic E-state index is 12.4. The van der Waals surface area contributed by atoms with E-state index in [1.54, 1.807) is 29.8 Å². The van der Waals surface area contributed by atoms with Crippen molar-refractivity contribution < 1.29 is 5.11 Å². The highest BCUT2D eigenvalue weighted by Gasteiger charge is 2.16. The zero-order valence-corrected chi connectivity index (χ0v) is 17.2. The fourth-order valence-electron chi connectivity index (χ4n) is 2.85. The van der Waals surface area contributed by atoms with Gasteiger partial charge in [0.2, 0.25) is 5.95 Å². The molecular weight excluding hydrogens is 428 g/mol. The number of phenols is 1. The van der Waals surface area contributed by atoms with Crippen LogP contribution in [0.25, 0.3) is 11.2 Å². The molecule has 0 radical (unpaired) electrons. The molecule has 0 saturated heterocycles. The fraction of sp³-hybridized carbons (Fsp3) is 0.333. The lowest BCUT2D eigenvalue weighted by Crippen LogP contribution is -2.29. The van der Waals surface area contributed by atoms with Crippen LogP contribution in [0.1, 0.15) is 31.7 Å². The van der Waals surface area contributed by atoms with E-state index in [2.05, 4.69) is 43.3 Å². The summed E-state index contributed by atoms with van der Waals surface area (Å²) in [5.74, 6) is 0.438. The van der Waals surface area contributed by atoms with Gasteiger partial charge in [0.25, 0.3) is 5.56 Å². The highest BCUT2D eigenvalue weighted by molar-refractivity contribution is 9.10. The molecule has 0 saturated carbocycles. The lowest BCUT2D eigenvalue weighted by molar-refractivity contribution is 0.474. The number of nitrogens with one attached hydrogen (secondary N) is 2. The van der Waals surface area contributed by atoms with Crippen molar-refractivity contribution in [3.05, 3.63) is 49.1 Å². The van der Waals surface area contributed by atoms with E-state index >= 15 is 0 Å². The Labute approximate surface area is 168 Å². The topological polar surface area (TPSA) is 117 Å². The monoisotopic (exact) mass is 448 g/mol. The Hall–Kier alpha value is -2.88. The molecule has 0 aliphatic rings. The van der Waals surface area contributed by atoms with Crippen LogP contribution >= 0.6 is 15.9 Å². The number of hydrogen-bond acceptors (Lipinski definition) is 6. The number of benzene rings is 1. The normalized spacial score (nSPS) is 11.5. The number of aromatic nitrogens is 4. The Morgan fingerprint density at radius 2 is 2.14 bits per heavy atom.